The minimum Gasteiger partial charge on any atom is -0.484 e. The average molecular weight is 345 g/mol. The number of ether oxygens (including phenoxy) is 1. The average Bonchev–Trinajstić information content (AvgIpc) is 2.50. The van der Waals surface area contributed by atoms with Crippen LogP contribution in [0, 0.1) is 5.82 Å². The van der Waals surface area contributed by atoms with Gasteiger partial charge >= 0.3 is 5.97 Å². The van der Waals surface area contributed by atoms with Gasteiger partial charge in [0.15, 0.2) is 6.61 Å². The van der Waals surface area contributed by atoms with Crippen molar-refractivity contribution in [1.29, 1.82) is 0 Å². The van der Waals surface area contributed by atoms with Crippen LogP contribution in [-0.4, -0.2) is 41.6 Å². The maximum absolute atomic E-state index is 13.2. The Labute approximate surface area is 135 Å². The molecule has 3 N–H and O–H groups in total. The third-order valence-electron chi connectivity index (χ3n) is 3.27. The van der Waals surface area contributed by atoms with Gasteiger partial charge in [-0.05, 0) is 25.0 Å². The second-order valence-electron chi connectivity index (χ2n) is 4.96. The van der Waals surface area contributed by atoms with E-state index in [-0.39, 0.29) is 23.6 Å². The Kier molecular flexibility index (Phi) is 5.38. The SMILES string of the molecule is O=C(COc1ccc(Cl)c(F)c1)NC1CCC(C(=O)O)NC1=O. The Balaban J connectivity index is 1.82. The van der Waals surface area contributed by atoms with Gasteiger partial charge in [-0.2, -0.15) is 0 Å². The fraction of sp³-hybridized carbons (Fsp3) is 0.357. The van der Waals surface area contributed by atoms with Crippen LogP contribution in [0.3, 0.4) is 0 Å². The Hall–Kier alpha value is -2.35. The third kappa shape index (κ3) is 4.56. The van der Waals surface area contributed by atoms with Crippen molar-refractivity contribution in [1.82, 2.24) is 10.6 Å². The molecular formula is C14H14ClFN2O5. The highest BCUT2D eigenvalue weighted by atomic mass is 35.5. The largest absolute Gasteiger partial charge is 0.484 e. The number of aliphatic carboxylic acids is 1. The van der Waals surface area contributed by atoms with Crippen molar-refractivity contribution >= 4 is 29.4 Å². The Morgan fingerprint density at radius 2 is 2.17 bits per heavy atom. The fourth-order valence-corrected chi connectivity index (χ4v) is 2.20. The number of carboxylic acid groups (broad SMARTS) is 1. The van der Waals surface area contributed by atoms with E-state index in [1.54, 1.807) is 0 Å². The molecule has 1 aliphatic heterocycles. The van der Waals surface area contributed by atoms with E-state index >= 15 is 0 Å². The van der Waals surface area contributed by atoms with Crippen molar-refractivity contribution < 1.29 is 28.6 Å². The van der Waals surface area contributed by atoms with Crippen LogP contribution in [0.25, 0.3) is 0 Å². The summed E-state index contributed by atoms with van der Waals surface area (Å²) in [4.78, 5) is 34.2. The van der Waals surface area contributed by atoms with Crippen LogP contribution in [-0.2, 0) is 14.4 Å². The van der Waals surface area contributed by atoms with Gasteiger partial charge in [0, 0.05) is 6.07 Å². The van der Waals surface area contributed by atoms with Gasteiger partial charge in [-0.15, -0.1) is 0 Å². The molecule has 124 valence electrons. The monoisotopic (exact) mass is 344 g/mol. The summed E-state index contributed by atoms with van der Waals surface area (Å²) in [6, 6.07) is 1.99. The number of rotatable bonds is 5. The molecule has 1 saturated heterocycles. The van der Waals surface area contributed by atoms with Gasteiger partial charge in [0.1, 0.15) is 23.7 Å². The summed E-state index contributed by atoms with van der Waals surface area (Å²) in [6.45, 7) is -0.410. The van der Waals surface area contributed by atoms with Crippen molar-refractivity contribution in [3.05, 3.63) is 29.0 Å². The lowest BCUT2D eigenvalue weighted by Gasteiger charge is -2.27. The van der Waals surface area contributed by atoms with Crippen LogP contribution in [0.2, 0.25) is 5.02 Å². The number of amides is 2. The lowest BCUT2D eigenvalue weighted by atomic mass is 10.00. The molecule has 2 atom stereocenters. The molecule has 0 saturated carbocycles. The highest BCUT2D eigenvalue weighted by Gasteiger charge is 2.32. The zero-order chi connectivity index (χ0) is 17.0. The van der Waals surface area contributed by atoms with E-state index in [9.17, 15) is 18.8 Å². The second kappa shape index (κ2) is 7.28. The first-order valence-corrected chi connectivity index (χ1v) is 7.15. The zero-order valence-corrected chi connectivity index (χ0v) is 12.6. The summed E-state index contributed by atoms with van der Waals surface area (Å²) in [6.07, 6.45) is 0.430. The highest BCUT2D eigenvalue weighted by molar-refractivity contribution is 6.30. The normalized spacial score (nSPS) is 20.5. The molecule has 0 spiro atoms. The predicted octanol–water partition coefficient (Wildman–Crippen LogP) is 0.706. The van der Waals surface area contributed by atoms with Crippen LogP contribution >= 0.6 is 11.6 Å². The Morgan fingerprint density at radius 3 is 2.78 bits per heavy atom. The minimum absolute atomic E-state index is 0.0614. The first-order chi connectivity index (χ1) is 10.9. The van der Waals surface area contributed by atoms with Crippen molar-refractivity contribution in [3.63, 3.8) is 0 Å². The maximum atomic E-state index is 13.2. The summed E-state index contributed by atoms with van der Waals surface area (Å²) in [5.74, 6) is -2.79. The number of piperidine rings is 1. The first-order valence-electron chi connectivity index (χ1n) is 6.77. The van der Waals surface area contributed by atoms with Crippen molar-refractivity contribution in [2.24, 2.45) is 0 Å². The van der Waals surface area contributed by atoms with E-state index in [0.717, 1.165) is 6.07 Å². The van der Waals surface area contributed by atoms with E-state index in [1.807, 2.05) is 0 Å². The quantitative estimate of drug-likeness (QED) is 0.729. The number of carbonyl (C=O) groups is 3. The van der Waals surface area contributed by atoms with Crippen LogP contribution in [0.15, 0.2) is 18.2 Å². The number of hydrogen-bond donors (Lipinski definition) is 3. The molecule has 1 heterocycles. The summed E-state index contributed by atoms with van der Waals surface area (Å²) < 4.78 is 18.3. The number of halogens is 2. The summed E-state index contributed by atoms with van der Waals surface area (Å²) in [5.41, 5.74) is 0. The number of nitrogens with one attached hydrogen (secondary N) is 2. The molecule has 2 unspecified atom stereocenters. The topological polar surface area (TPSA) is 105 Å². The first kappa shape index (κ1) is 17.0. The number of hydrogen-bond acceptors (Lipinski definition) is 4. The van der Waals surface area contributed by atoms with Gasteiger partial charge < -0.3 is 20.5 Å². The molecule has 0 radical (unpaired) electrons. The van der Waals surface area contributed by atoms with E-state index in [0.29, 0.717) is 0 Å². The molecule has 2 amide bonds. The molecule has 1 aromatic carbocycles. The molecule has 1 aromatic rings. The fourth-order valence-electron chi connectivity index (χ4n) is 2.08. The molecule has 1 aliphatic rings. The highest BCUT2D eigenvalue weighted by Crippen LogP contribution is 2.20. The number of carboxylic acids is 1. The molecule has 0 aromatic heterocycles. The second-order valence-corrected chi connectivity index (χ2v) is 5.37. The summed E-state index contributed by atoms with van der Waals surface area (Å²) in [7, 11) is 0. The molecule has 0 bridgehead atoms. The molecule has 9 heteroatoms. The van der Waals surface area contributed by atoms with Crippen LogP contribution in [0.4, 0.5) is 4.39 Å². The van der Waals surface area contributed by atoms with Gasteiger partial charge in [0.25, 0.3) is 5.91 Å². The van der Waals surface area contributed by atoms with Crippen LogP contribution in [0.1, 0.15) is 12.8 Å². The van der Waals surface area contributed by atoms with Crippen molar-refractivity contribution in [2.75, 3.05) is 6.61 Å². The van der Waals surface area contributed by atoms with E-state index in [1.165, 1.54) is 12.1 Å². The molecule has 1 fully saturated rings. The van der Waals surface area contributed by atoms with E-state index < -0.39 is 42.3 Å². The Morgan fingerprint density at radius 1 is 1.43 bits per heavy atom. The number of carbonyl (C=O) groups excluding carboxylic acids is 2. The van der Waals surface area contributed by atoms with Crippen LogP contribution < -0.4 is 15.4 Å². The summed E-state index contributed by atoms with van der Waals surface area (Å²) in [5, 5.41) is 13.5. The smallest absolute Gasteiger partial charge is 0.326 e. The zero-order valence-electron chi connectivity index (χ0n) is 11.8. The van der Waals surface area contributed by atoms with Gasteiger partial charge in [0.2, 0.25) is 5.91 Å². The lowest BCUT2D eigenvalue weighted by molar-refractivity contribution is -0.144. The molecule has 0 aliphatic carbocycles. The third-order valence-corrected chi connectivity index (χ3v) is 3.58. The summed E-state index contributed by atoms with van der Waals surface area (Å²) >= 11 is 5.53. The van der Waals surface area contributed by atoms with Crippen LogP contribution in [0.5, 0.6) is 5.75 Å². The van der Waals surface area contributed by atoms with Gasteiger partial charge in [-0.25, -0.2) is 9.18 Å². The molecular weight excluding hydrogens is 331 g/mol. The van der Waals surface area contributed by atoms with Crippen molar-refractivity contribution in [2.45, 2.75) is 24.9 Å². The predicted molar refractivity (Wildman–Crippen MR) is 77.6 cm³/mol. The van der Waals surface area contributed by atoms with Gasteiger partial charge in [-0.3, -0.25) is 9.59 Å². The minimum atomic E-state index is -1.11. The van der Waals surface area contributed by atoms with Crippen molar-refractivity contribution in [3.8, 4) is 5.75 Å². The van der Waals surface area contributed by atoms with E-state index in [4.69, 9.17) is 21.4 Å². The molecule has 23 heavy (non-hydrogen) atoms. The van der Waals surface area contributed by atoms with Gasteiger partial charge in [-0.1, -0.05) is 11.6 Å². The molecule has 2 rings (SSSR count). The maximum Gasteiger partial charge on any atom is 0.326 e. The number of benzene rings is 1. The lowest BCUT2D eigenvalue weighted by Crippen LogP contribution is -2.56. The molecule has 7 nitrogen and oxygen atoms in total. The Bertz CT molecular complexity index is 640. The van der Waals surface area contributed by atoms with Gasteiger partial charge in [0.05, 0.1) is 5.02 Å². The standard InChI is InChI=1S/C14H14ClFN2O5/c15-8-2-1-7(5-9(8)16)23-6-12(19)17-10-3-4-11(14(21)22)18-13(10)20/h1-2,5,10-11H,3-4,6H2,(H,17,19)(H,18,20)(H,21,22). The van der Waals surface area contributed by atoms with E-state index in [2.05, 4.69) is 10.6 Å².